The normalized spacial score (nSPS) is 20.7. The van der Waals surface area contributed by atoms with Crippen LogP contribution in [0.4, 0.5) is 0 Å². The molecular weight excluding hydrogens is 307 g/mol. The molecule has 1 aromatic carbocycles. The molecule has 0 amide bonds. The van der Waals surface area contributed by atoms with E-state index in [2.05, 4.69) is 17.3 Å². The van der Waals surface area contributed by atoms with Crippen molar-refractivity contribution in [1.29, 1.82) is 0 Å². The molecule has 0 radical (unpaired) electrons. The summed E-state index contributed by atoms with van der Waals surface area (Å²) in [5, 5.41) is 14.8. The third-order valence-corrected chi connectivity index (χ3v) is 4.88. The van der Waals surface area contributed by atoms with Crippen LogP contribution in [0.15, 0.2) is 18.2 Å². The molecule has 5 heteroatoms. The van der Waals surface area contributed by atoms with E-state index in [0.717, 1.165) is 38.9 Å². The van der Waals surface area contributed by atoms with Gasteiger partial charge in [0.1, 0.15) is 0 Å². The summed E-state index contributed by atoms with van der Waals surface area (Å²) < 4.78 is 0. The third-order valence-electron chi connectivity index (χ3n) is 4.14. The van der Waals surface area contributed by atoms with Crippen LogP contribution in [0, 0.1) is 5.92 Å². The van der Waals surface area contributed by atoms with Crippen LogP contribution < -0.4 is 5.32 Å². The van der Waals surface area contributed by atoms with Crippen molar-refractivity contribution in [3.63, 3.8) is 0 Å². The average Bonchev–Trinajstić information content (AvgIpc) is 2.49. The first-order valence-corrected chi connectivity index (χ1v) is 8.33. The van der Waals surface area contributed by atoms with Crippen LogP contribution >= 0.6 is 23.2 Å². The molecule has 2 rings (SSSR count). The zero-order valence-corrected chi connectivity index (χ0v) is 14.0. The Morgan fingerprint density at radius 1 is 1.38 bits per heavy atom. The summed E-state index contributed by atoms with van der Waals surface area (Å²) in [6.07, 6.45) is 2.93. The molecule has 1 aromatic rings. The summed E-state index contributed by atoms with van der Waals surface area (Å²) in [4.78, 5) is 2.18. The first-order valence-electron chi connectivity index (χ1n) is 7.57. The fourth-order valence-corrected chi connectivity index (χ4v) is 3.10. The van der Waals surface area contributed by atoms with Gasteiger partial charge in [0.2, 0.25) is 0 Å². The molecule has 1 aliphatic rings. The Hall–Kier alpha value is -0.320. The summed E-state index contributed by atoms with van der Waals surface area (Å²) in [5.74, 6) is 0.381. The topological polar surface area (TPSA) is 35.5 Å². The van der Waals surface area contributed by atoms with Gasteiger partial charge in [0.05, 0.1) is 16.1 Å². The van der Waals surface area contributed by atoms with Crippen molar-refractivity contribution in [2.75, 3.05) is 33.2 Å². The number of benzene rings is 1. The quantitative estimate of drug-likeness (QED) is 0.841. The van der Waals surface area contributed by atoms with Gasteiger partial charge in [-0.2, -0.15) is 0 Å². The third kappa shape index (κ3) is 5.42. The second kappa shape index (κ2) is 8.35. The molecule has 118 valence electrons. The number of likely N-dealkylation sites (N-methyl/N-ethyl adjacent to an activating group) is 1. The highest BCUT2D eigenvalue weighted by atomic mass is 35.5. The standard InChI is InChI=1S/C16H24Cl2N2O/c1-20(11-16(21)13-3-2-7-19-10-13)8-6-12-4-5-14(17)15(18)9-12/h4-5,9,13,16,19,21H,2-3,6-8,10-11H2,1H3. The van der Waals surface area contributed by atoms with Gasteiger partial charge in [-0.25, -0.2) is 0 Å². The molecule has 2 atom stereocenters. The molecular formula is C16H24Cl2N2O. The molecule has 0 aliphatic carbocycles. The number of rotatable bonds is 6. The Kier molecular flexibility index (Phi) is 6.77. The number of nitrogens with zero attached hydrogens (tertiary/aromatic N) is 1. The van der Waals surface area contributed by atoms with E-state index in [1.54, 1.807) is 0 Å². The zero-order valence-electron chi connectivity index (χ0n) is 12.5. The van der Waals surface area contributed by atoms with Crippen LogP contribution in [-0.4, -0.2) is 49.3 Å². The van der Waals surface area contributed by atoms with Gasteiger partial charge < -0.3 is 15.3 Å². The number of halogens is 2. The maximum Gasteiger partial charge on any atom is 0.0707 e. The van der Waals surface area contributed by atoms with Crippen LogP contribution in [0.5, 0.6) is 0 Å². The number of nitrogens with one attached hydrogen (secondary N) is 1. The number of hydrogen-bond acceptors (Lipinski definition) is 3. The lowest BCUT2D eigenvalue weighted by molar-refractivity contribution is 0.0611. The Morgan fingerprint density at radius 3 is 2.86 bits per heavy atom. The average molecular weight is 331 g/mol. The summed E-state index contributed by atoms with van der Waals surface area (Å²) in [6, 6.07) is 5.75. The summed E-state index contributed by atoms with van der Waals surface area (Å²) in [5.41, 5.74) is 1.17. The van der Waals surface area contributed by atoms with E-state index >= 15 is 0 Å². The molecule has 2 N–H and O–H groups in total. The molecule has 1 heterocycles. The predicted molar refractivity (Wildman–Crippen MR) is 89.3 cm³/mol. The smallest absolute Gasteiger partial charge is 0.0707 e. The van der Waals surface area contributed by atoms with Gasteiger partial charge in [-0.3, -0.25) is 0 Å². The van der Waals surface area contributed by atoms with Crippen molar-refractivity contribution in [2.45, 2.75) is 25.4 Å². The van der Waals surface area contributed by atoms with E-state index in [1.807, 2.05) is 18.2 Å². The fourth-order valence-electron chi connectivity index (χ4n) is 2.78. The predicted octanol–water partition coefficient (Wildman–Crippen LogP) is 2.83. The highest BCUT2D eigenvalue weighted by molar-refractivity contribution is 6.42. The summed E-state index contributed by atoms with van der Waals surface area (Å²) in [7, 11) is 2.05. The summed E-state index contributed by atoms with van der Waals surface area (Å²) in [6.45, 7) is 3.63. The highest BCUT2D eigenvalue weighted by Gasteiger charge is 2.22. The minimum atomic E-state index is -0.253. The van der Waals surface area contributed by atoms with Gasteiger partial charge in [0.25, 0.3) is 0 Å². The lowest BCUT2D eigenvalue weighted by atomic mass is 9.93. The van der Waals surface area contributed by atoms with E-state index in [9.17, 15) is 5.11 Å². The molecule has 2 unspecified atom stereocenters. The van der Waals surface area contributed by atoms with Crippen LogP contribution in [0.25, 0.3) is 0 Å². The Morgan fingerprint density at radius 2 is 2.19 bits per heavy atom. The molecule has 0 saturated carbocycles. The van der Waals surface area contributed by atoms with Crippen molar-refractivity contribution < 1.29 is 5.11 Å². The van der Waals surface area contributed by atoms with Crippen LogP contribution in [0.1, 0.15) is 18.4 Å². The molecule has 0 bridgehead atoms. The maximum atomic E-state index is 10.3. The largest absolute Gasteiger partial charge is 0.391 e. The molecule has 0 aromatic heterocycles. The molecule has 3 nitrogen and oxygen atoms in total. The number of aliphatic hydroxyl groups excluding tert-OH is 1. The fraction of sp³-hybridized carbons (Fsp3) is 0.625. The van der Waals surface area contributed by atoms with Crippen molar-refractivity contribution in [1.82, 2.24) is 10.2 Å². The lowest BCUT2D eigenvalue weighted by Gasteiger charge is -2.30. The minimum Gasteiger partial charge on any atom is -0.391 e. The Balaban J connectivity index is 1.75. The van der Waals surface area contributed by atoms with Gasteiger partial charge in [0, 0.05) is 19.6 Å². The van der Waals surface area contributed by atoms with Gasteiger partial charge in [-0.15, -0.1) is 0 Å². The first-order chi connectivity index (χ1) is 10.1. The molecule has 0 spiro atoms. The zero-order chi connectivity index (χ0) is 15.2. The van der Waals surface area contributed by atoms with E-state index in [0.29, 0.717) is 22.5 Å². The van der Waals surface area contributed by atoms with Crippen molar-refractivity contribution in [3.05, 3.63) is 33.8 Å². The van der Waals surface area contributed by atoms with Crippen molar-refractivity contribution in [2.24, 2.45) is 5.92 Å². The molecule has 1 fully saturated rings. The van der Waals surface area contributed by atoms with Gasteiger partial charge in [-0.05, 0) is 56.5 Å². The number of aliphatic hydroxyl groups is 1. The van der Waals surface area contributed by atoms with E-state index in [4.69, 9.17) is 23.2 Å². The number of hydrogen-bond donors (Lipinski definition) is 2. The van der Waals surface area contributed by atoms with Crippen LogP contribution in [0.2, 0.25) is 10.0 Å². The highest BCUT2D eigenvalue weighted by Crippen LogP contribution is 2.23. The number of piperidine rings is 1. The van der Waals surface area contributed by atoms with Crippen molar-refractivity contribution in [3.8, 4) is 0 Å². The second-order valence-electron chi connectivity index (χ2n) is 5.93. The summed E-state index contributed by atoms with van der Waals surface area (Å²) >= 11 is 11.9. The lowest BCUT2D eigenvalue weighted by Crippen LogP contribution is -2.42. The molecule has 1 saturated heterocycles. The maximum absolute atomic E-state index is 10.3. The van der Waals surface area contributed by atoms with Gasteiger partial charge in [0.15, 0.2) is 0 Å². The second-order valence-corrected chi connectivity index (χ2v) is 6.75. The van der Waals surface area contributed by atoms with Gasteiger partial charge in [-0.1, -0.05) is 29.3 Å². The van der Waals surface area contributed by atoms with E-state index in [-0.39, 0.29) is 6.10 Å². The first kappa shape index (κ1) is 17.0. The van der Waals surface area contributed by atoms with Gasteiger partial charge >= 0.3 is 0 Å². The Labute approximate surface area is 137 Å². The SMILES string of the molecule is CN(CCc1ccc(Cl)c(Cl)c1)CC(O)C1CCCNC1. The van der Waals surface area contributed by atoms with Crippen LogP contribution in [-0.2, 0) is 6.42 Å². The minimum absolute atomic E-state index is 0.253. The molecule has 1 aliphatic heterocycles. The van der Waals surface area contributed by atoms with Crippen molar-refractivity contribution >= 4 is 23.2 Å². The molecule has 21 heavy (non-hydrogen) atoms. The Bertz CT molecular complexity index is 450. The monoisotopic (exact) mass is 330 g/mol. The van der Waals surface area contributed by atoms with Crippen LogP contribution in [0.3, 0.4) is 0 Å². The van der Waals surface area contributed by atoms with E-state index in [1.165, 1.54) is 5.56 Å². The van der Waals surface area contributed by atoms with E-state index < -0.39 is 0 Å².